The number of nitrogens with one attached hydrogen (secondary N) is 1. The Hall–Kier alpha value is -2.12. The third kappa shape index (κ3) is 3.09. The molecule has 1 N–H and O–H groups in total. The first-order valence-corrected chi connectivity index (χ1v) is 9.13. The zero-order valence-electron chi connectivity index (χ0n) is 14.3. The van der Waals surface area contributed by atoms with Crippen LogP contribution in [0.15, 0.2) is 0 Å². The SMILES string of the molecule is O=C1CN(CC(=O)N2CC[C@]3(CCCN(CC4CC4)C3=O)C2)C(=O)N1. The molecule has 3 saturated heterocycles. The summed E-state index contributed by atoms with van der Waals surface area (Å²) in [6, 6.07) is -0.517. The number of nitrogens with zero attached hydrogens (tertiary/aromatic N) is 3. The molecule has 5 amide bonds. The fraction of sp³-hybridized carbons (Fsp3) is 0.765. The minimum atomic E-state index is -0.517. The van der Waals surface area contributed by atoms with Gasteiger partial charge in [-0.2, -0.15) is 0 Å². The van der Waals surface area contributed by atoms with Gasteiger partial charge in [-0.15, -0.1) is 0 Å². The van der Waals surface area contributed by atoms with Crippen molar-refractivity contribution in [2.75, 3.05) is 39.3 Å². The lowest BCUT2D eigenvalue weighted by Gasteiger charge is -2.39. The Labute approximate surface area is 146 Å². The summed E-state index contributed by atoms with van der Waals surface area (Å²) >= 11 is 0. The van der Waals surface area contributed by atoms with Crippen LogP contribution in [0.4, 0.5) is 4.79 Å². The zero-order chi connectivity index (χ0) is 17.6. The molecule has 0 bridgehead atoms. The Balaban J connectivity index is 1.38. The molecule has 8 heteroatoms. The first-order valence-electron chi connectivity index (χ1n) is 9.13. The molecule has 1 atom stereocenters. The summed E-state index contributed by atoms with van der Waals surface area (Å²) in [6.07, 6.45) is 4.96. The van der Waals surface area contributed by atoms with Gasteiger partial charge in [-0.3, -0.25) is 19.7 Å². The molecule has 25 heavy (non-hydrogen) atoms. The van der Waals surface area contributed by atoms with Crippen LogP contribution in [0.3, 0.4) is 0 Å². The number of urea groups is 1. The topological polar surface area (TPSA) is 90.0 Å². The van der Waals surface area contributed by atoms with Crippen molar-refractivity contribution in [1.29, 1.82) is 0 Å². The number of piperidine rings is 1. The molecule has 0 radical (unpaired) electrons. The van der Waals surface area contributed by atoms with Crippen molar-refractivity contribution < 1.29 is 19.2 Å². The number of carbonyl (C=O) groups is 4. The molecule has 3 heterocycles. The zero-order valence-corrected chi connectivity index (χ0v) is 14.3. The summed E-state index contributed by atoms with van der Waals surface area (Å²) in [6.45, 7) is 2.51. The van der Waals surface area contributed by atoms with Gasteiger partial charge in [-0.05, 0) is 38.0 Å². The molecule has 1 aliphatic carbocycles. The van der Waals surface area contributed by atoms with Crippen molar-refractivity contribution in [3.05, 3.63) is 0 Å². The van der Waals surface area contributed by atoms with Gasteiger partial charge in [0.2, 0.25) is 17.7 Å². The second-order valence-corrected chi connectivity index (χ2v) is 7.85. The summed E-state index contributed by atoms with van der Waals surface area (Å²) < 4.78 is 0. The van der Waals surface area contributed by atoms with E-state index in [4.69, 9.17) is 0 Å². The van der Waals surface area contributed by atoms with Crippen LogP contribution >= 0.6 is 0 Å². The Bertz CT molecular complexity index is 632. The molecular weight excluding hydrogens is 324 g/mol. The third-order valence-corrected chi connectivity index (χ3v) is 5.90. The van der Waals surface area contributed by atoms with Gasteiger partial charge in [-0.1, -0.05) is 0 Å². The van der Waals surface area contributed by atoms with Gasteiger partial charge < -0.3 is 14.7 Å². The van der Waals surface area contributed by atoms with E-state index in [0.717, 1.165) is 25.9 Å². The molecule has 0 aromatic carbocycles. The molecule has 3 aliphatic heterocycles. The fourth-order valence-corrected chi connectivity index (χ4v) is 4.28. The lowest BCUT2D eigenvalue weighted by Crippen LogP contribution is -2.51. The Morgan fingerprint density at radius 2 is 1.92 bits per heavy atom. The number of rotatable bonds is 4. The molecular formula is C17H24N4O4. The van der Waals surface area contributed by atoms with Crippen LogP contribution in [0.1, 0.15) is 32.1 Å². The quantitative estimate of drug-likeness (QED) is 0.712. The number of hydrogen-bond donors (Lipinski definition) is 1. The van der Waals surface area contributed by atoms with Crippen LogP contribution in [-0.4, -0.2) is 77.7 Å². The number of imide groups is 1. The molecule has 4 fully saturated rings. The van der Waals surface area contributed by atoms with Crippen molar-refractivity contribution in [1.82, 2.24) is 20.0 Å². The molecule has 8 nitrogen and oxygen atoms in total. The first-order chi connectivity index (χ1) is 12.0. The average molecular weight is 348 g/mol. The van der Waals surface area contributed by atoms with E-state index in [1.54, 1.807) is 4.90 Å². The maximum absolute atomic E-state index is 13.0. The van der Waals surface area contributed by atoms with E-state index in [2.05, 4.69) is 5.32 Å². The van der Waals surface area contributed by atoms with Crippen LogP contribution in [0.25, 0.3) is 0 Å². The highest BCUT2D eigenvalue weighted by atomic mass is 16.2. The van der Waals surface area contributed by atoms with Crippen LogP contribution < -0.4 is 5.32 Å². The normalized spacial score (nSPS) is 29.8. The van der Waals surface area contributed by atoms with Crippen LogP contribution in [0.5, 0.6) is 0 Å². The molecule has 4 aliphatic rings. The van der Waals surface area contributed by atoms with Crippen LogP contribution in [-0.2, 0) is 14.4 Å². The van der Waals surface area contributed by atoms with Gasteiger partial charge in [0.15, 0.2) is 0 Å². The summed E-state index contributed by atoms with van der Waals surface area (Å²) in [5.41, 5.74) is -0.439. The Morgan fingerprint density at radius 1 is 1.12 bits per heavy atom. The van der Waals surface area contributed by atoms with Crippen molar-refractivity contribution in [2.45, 2.75) is 32.1 Å². The third-order valence-electron chi connectivity index (χ3n) is 5.90. The number of hydrogen-bond acceptors (Lipinski definition) is 4. The van der Waals surface area contributed by atoms with Gasteiger partial charge in [0.05, 0.1) is 5.41 Å². The van der Waals surface area contributed by atoms with E-state index in [1.807, 2.05) is 4.90 Å². The lowest BCUT2D eigenvalue weighted by molar-refractivity contribution is -0.146. The first kappa shape index (κ1) is 16.4. The number of likely N-dealkylation sites (tertiary alicyclic amines) is 2. The second kappa shape index (κ2) is 6.00. The average Bonchev–Trinajstić information content (AvgIpc) is 3.19. The largest absolute Gasteiger partial charge is 0.342 e. The monoisotopic (exact) mass is 348 g/mol. The molecule has 0 aromatic rings. The van der Waals surface area contributed by atoms with Gasteiger partial charge in [0.25, 0.3) is 0 Å². The number of amides is 5. The van der Waals surface area contributed by atoms with E-state index in [0.29, 0.717) is 25.4 Å². The van der Waals surface area contributed by atoms with Gasteiger partial charge >= 0.3 is 6.03 Å². The van der Waals surface area contributed by atoms with E-state index >= 15 is 0 Å². The lowest BCUT2D eigenvalue weighted by atomic mass is 9.78. The highest BCUT2D eigenvalue weighted by Gasteiger charge is 2.50. The second-order valence-electron chi connectivity index (χ2n) is 7.85. The van der Waals surface area contributed by atoms with Crippen molar-refractivity contribution in [2.24, 2.45) is 11.3 Å². The minimum Gasteiger partial charge on any atom is -0.342 e. The maximum atomic E-state index is 13.0. The van der Waals surface area contributed by atoms with Gasteiger partial charge in [0.1, 0.15) is 13.1 Å². The van der Waals surface area contributed by atoms with Gasteiger partial charge in [-0.25, -0.2) is 4.79 Å². The highest BCUT2D eigenvalue weighted by molar-refractivity contribution is 6.03. The van der Waals surface area contributed by atoms with Crippen LogP contribution in [0, 0.1) is 11.3 Å². The van der Waals surface area contributed by atoms with E-state index in [1.165, 1.54) is 17.7 Å². The predicted molar refractivity (Wildman–Crippen MR) is 87.3 cm³/mol. The van der Waals surface area contributed by atoms with E-state index in [-0.39, 0.29) is 30.8 Å². The molecule has 1 spiro atoms. The van der Waals surface area contributed by atoms with Crippen molar-refractivity contribution in [3.8, 4) is 0 Å². The fourth-order valence-electron chi connectivity index (χ4n) is 4.28. The molecule has 1 saturated carbocycles. The van der Waals surface area contributed by atoms with E-state index in [9.17, 15) is 19.2 Å². The Morgan fingerprint density at radius 3 is 2.60 bits per heavy atom. The Kier molecular flexibility index (Phi) is 3.92. The standard InChI is InChI=1S/C17H24N4O4/c22-13-9-21(16(25)18-13)10-14(23)20-7-5-17(11-20)4-1-6-19(15(17)24)8-12-2-3-12/h12H,1-11H2,(H,18,22,25)/t17-/m1/s1. The van der Waals surface area contributed by atoms with E-state index < -0.39 is 11.4 Å². The molecule has 0 aromatic heterocycles. The van der Waals surface area contributed by atoms with Crippen molar-refractivity contribution in [3.63, 3.8) is 0 Å². The maximum Gasteiger partial charge on any atom is 0.325 e. The number of carbonyl (C=O) groups excluding carboxylic acids is 4. The summed E-state index contributed by atoms with van der Waals surface area (Å²) in [7, 11) is 0. The van der Waals surface area contributed by atoms with Gasteiger partial charge in [0, 0.05) is 26.2 Å². The van der Waals surface area contributed by atoms with Crippen molar-refractivity contribution >= 4 is 23.8 Å². The molecule has 0 unspecified atom stereocenters. The molecule has 4 rings (SSSR count). The van der Waals surface area contributed by atoms with Crippen LogP contribution in [0.2, 0.25) is 0 Å². The highest BCUT2D eigenvalue weighted by Crippen LogP contribution is 2.41. The smallest absolute Gasteiger partial charge is 0.325 e. The summed E-state index contributed by atoms with van der Waals surface area (Å²) in [5, 5.41) is 2.17. The minimum absolute atomic E-state index is 0.0718. The predicted octanol–water partition coefficient (Wildman–Crippen LogP) is -0.211. The summed E-state index contributed by atoms with van der Waals surface area (Å²) in [4.78, 5) is 53.3. The summed E-state index contributed by atoms with van der Waals surface area (Å²) in [5.74, 6) is 0.308. The molecule has 136 valence electrons.